The summed E-state index contributed by atoms with van der Waals surface area (Å²) in [4.78, 5) is 14.3. The first-order valence-corrected chi connectivity index (χ1v) is 8.35. The van der Waals surface area contributed by atoms with Crippen LogP contribution in [-0.4, -0.2) is 39.8 Å². The molecular weight excluding hydrogens is 325 g/mol. The normalized spacial score (nSPS) is 20.9. The van der Waals surface area contributed by atoms with E-state index in [1.165, 1.54) is 12.1 Å². The molecule has 1 fully saturated rings. The number of hydrogen-bond donors (Lipinski definition) is 2. The number of aryl methyl sites for hydroxylation is 1. The van der Waals surface area contributed by atoms with Crippen molar-refractivity contribution in [2.45, 2.75) is 38.5 Å². The number of nitrogens with zero attached hydrogens (tertiary/aromatic N) is 2. The number of amides is 1. The van der Waals surface area contributed by atoms with Crippen LogP contribution >= 0.6 is 0 Å². The van der Waals surface area contributed by atoms with E-state index in [-0.39, 0.29) is 18.3 Å². The molecule has 1 aliphatic rings. The summed E-state index contributed by atoms with van der Waals surface area (Å²) in [5.41, 5.74) is 0.134. The Morgan fingerprint density at radius 2 is 2.16 bits per heavy atom. The minimum atomic E-state index is -1.43. The molecule has 1 aromatic carbocycles. The van der Waals surface area contributed by atoms with Crippen LogP contribution in [-0.2, 0) is 17.9 Å². The maximum absolute atomic E-state index is 13.0. The summed E-state index contributed by atoms with van der Waals surface area (Å²) < 4.78 is 18.0. The Balaban J connectivity index is 1.58. The molecule has 2 N–H and O–H groups in total. The fourth-order valence-electron chi connectivity index (χ4n) is 3.09. The van der Waals surface area contributed by atoms with Gasteiger partial charge in [-0.15, -0.1) is 0 Å². The Bertz CT molecular complexity index is 731. The Kier molecular flexibility index (Phi) is 5.15. The second kappa shape index (κ2) is 7.33. The molecule has 3 rings (SSSR count). The van der Waals surface area contributed by atoms with Gasteiger partial charge < -0.3 is 19.8 Å². The third-order valence-electron chi connectivity index (χ3n) is 4.39. The molecule has 1 atom stereocenters. The monoisotopic (exact) mass is 347 g/mol. The highest BCUT2D eigenvalue weighted by atomic mass is 19.1. The zero-order valence-electron chi connectivity index (χ0n) is 14.2. The minimum Gasteiger partial charge on any atom is -0.379 e. The number of halogens is 1. The van der Waals surface area contributed by atoms with Gasteiger partial charge in [0.2, 0.25) is 0 Å². The van der Waals surface area contributed by atoms with Crippen LogP contribution in [0.5, 0.6) is 0 Å². The number of aromatic nitrogens is 1. The van der Waals surface area contributed by atoms with Gasteiger partial charge in [0.15, 0.2) is 5.60 Å². The molecule has 0 radical (unpaired) electrons. The molecule has 1 amide bonds. The van der Waals surface area contributed by atoms with Crippen LogP contribution < -0.4 is 5.32 Å². The quantitative estimate of drug-likeness (QED) is 0.833. The lowest BCUT2D eigenvalue weighted by atomic mass is 9.91. The number of nitrogens with one attached hydrogen (secondary N) is 1. The van der Waals surface area contributed by atoms with Crippen molar-refractivity contribution in [1.29, 1.82) is 0 Å². The molecule has 6 nitrogen and oxygen atoms in total. The minimum absolute atomic E-state index is 0.150. The maximum Gasteiger partial charge on any atom is 0.256 e. The lowest BCUT2D eigenvalue weighted by Gasteiger charge is -2.38. The summed E-state index contributed by atoms with van der Waals surface area (Å²) in [6.45, 7) is 3.33. The van der Waals surface area contributed by atoms with Crippen LogP contribution in [0.3, 0.4) is 0 Å². The van der Waals surface area contributed by atoms with Crippen LogP contribution in [0.15, 0.2) is 34.9 Å². The Morgan fingerprint density at radius 1 is 1.40 bits per heavy atom. The van der Waals surface area contributed by atoms with Crippen molar-refractivity contribution >= 4 is 5.91 Å². The van der Waals surface area contributed by atoms with E-state index < -0.39 is 5.60 Å². The van der Waals surface area contributed by atoms with E-state index in [2.05, 4.69) is 10.5 Å². The maximum atomic E-state index is 13.0. The third-order valence-corrected chi connectivity index (χ3v) is 4.39. The second-order valence-electron chi connectivity index (χ2n) is 6.52. The number of carbonyl (C=O) groups is 1. The molecule has 25 heavy (non-hydrogen) atoms. The van der Waals surface area contributed by atoms with E-state index in [9.17, 15) is 14.3 Å². The van der Waals surface area contributed by atoms with Crippen molar-refractivity contribution < 1.29 is 18.8 Å². The topological polar surface area (TPSA) is 78.6 Å². The molecule has 1 saturated heterocycles. The highest BCUT2D eigenvalue weighted by Gasteiger charge is 2.41. The molecule has 1 unspecified atom stereocenters. The van der Waals surface area contributed by atoms with Crippen molar-refractivity contribution in [1.82, 2.24) is 15.4 Å². The first-order chi connectivity index (χ1) is 12.0. The Hall–Kier alpha value is -2.25. The lowest BCUT2D eigenvalue weighted by molar-refractivity contribution is -0.157. The van der Waals surface area contributed by atoms with Gasteiger partial charge in [-0.05, 0) is 37.5 Å². The Labute approximate surface area is 145 Å². The van der Waals surface area contributed by atoms with Gasteiger partial charge in [-0.3, -0.25) is 4.79 Å². The van der Waals surface area contributed by atoms with Gasteiger partial charge in [-0.2, -0.15) is 0 Å². The molecule has 1 aromatic heterocycles. The third kappa shape index (κ3) is 4.24. The summed E-state index contributed by atoms with van der Waals surface area (Å²) in [6, 6.07) is 7.86. The fraction of sp³-hybridized carbons (Fsp3) is 0.444. The number of carbonyl (C=O) groups excluding carboxylic acids is 1. The fourth-order valence-corrected chi connectivity index (χ4v) is 3.09. The largest absolute Gasteiger partial charge is 0.379 e. The first-order valence-electron chi connectivity index (χ1n) is 8.35. The smallest absolute Gasteiger partial charge is 0.256 e. The van der Waals surface area contributed by atoms with Gasteiger partial charge in [0.05, 0.1) is 5.69 Å². The van der Waals surface area contributed by atoms with E-state index in [1.807, 2.05) is 6.92 Å². The van der Waals surface area contributed by atoms with Crippen LogP contribution in [0.25, 0.3) is 0 Å². The second-order valence-corrected chi connectivity index (χ2v) is 6.52. The molecule has 0 bridgehead atoms. The summed E-state index contributed by atoms with van der Waals surface area (Å²) in [5.74, 6) is 0.110. The number of aliphatic hydroxyl groups is 1. The standard InChI is InChI=1S/C18H22FN3O3/c1-13-9-16(21-25-13)10-20-12-18(24)7-2-8-22(17(18)23)11-14-3-5-15(19)6-4-14/h3-6,9,20,24H,2,7-8,10-12H2,1H3. The molecule has 0 spiro atoms. The van der Waals surface area contributed by atoms with Gasteiger partial charge in [0, 0.05) is 32.2 Å². The molecule has 2 heterocycles. The van der Waals surface area contributed by atoms with Crippen LogP contribution in [0.2, 0.25) is 0 Å². The molecule has 2 aromatic rings. The van der Waals surface area contributed by atoms with Crippen LogP contribution in [0, 0.1) is 12.7 Å². The molecule has 0 aliphatic carbocycles. The molecule has 7 heteroatoms. The molecular formula is C18H22FN3O3. The zero-order chi connectivity index (χ0) is 17.9. The van der Waals surface area contributed by atoms with E-state index in [4.69, 9.17) is 4.52 Å². The average Bonchev–Trinajstić information content (AvgIpc) is 2.99. The number of likely N-dealkylation sites (tertiary alicyclic amines) is 1. The van der Waals surface area contributed by atoms with Gasteiger partial charge in [-0.1, -0.05) is 17.3 Å². The lowest BCUT2D eigenvalue weighted by Crippen LogP contribution is -2.57. The predicted octanol–water partition coefficient (Wildman–Crippen LogP) is 1.77. The van der Waals surface area contributed by atoms with E-state index in [1.54, 1.807) is 23.1 Å². The summed E-state index contributed by atoms with van der Waals surface area (Å²) in [7, 11) is 0. The van der Waals surface area contributed by atoms with E-state index in [0.29, 0.717) is 32.5 Å². The highest BCUT2D eigenvalue weighted by Crippen LogP contribution is 2.24. The average molecular weight is 347 g/mol. The van der Waals surface area contributed by atoms with Gasteiger partial charge >= 0.3 is 0 Å². The van der Waals surface area contributed by atoms with Crippen molar-refractivity contribution in [2.24, 2.45) is 0 Å². The number of piperidine rings is 1. The van der Waals surface area contributed by atoms with Crippen molar-refractivity contribution in [3.63, 3.8) is 0 Å². The van der Waals surface area contributed by atoms with Crippen molar-refractivity contribution in [3.05, 3.63) is 53.2 Å². The Morgan fingerprint density at radius 3 is 2.84 bits per heavy atom. The first kappa shape index (κ1) is 17.6. The van der Waals surface area contributed by atoms with E-state index >= 15 is 0 Å². The molecule has 1 aliphatic heterocycles. The molecule has 134 valence electrons. The number of benzene rings is 1. The van der Waals surface area contributed by atoms with Crippen LogP contribution in [0.1, 0.15) is 29.9 Å². The van der Waals surface area contributed by atoms with Crippen LogP contribution in [0.4, 0.5) is 4.39 Å². The number of rotatable bonds is 6. The summed E-state index contributed by atoms with van der Waals surface area (Å²) >= 11 is 0. The van der Waals surface area contributed by atoms with Gasteiger partial charge in [-0.25, -0.2) is 4.39 Å². The SMILES string of the molecule is Cc1cc(CNCC2(O)CCCN(Cc3ccc(F)cc3)C2=O)no1. The van der Waals surface area contributed by atoms with Gasteiger partial charge in [0.25, 0.3) is 5.91 Å². The number of hydrogen-bond acceptors (Lipinski definition) is 5. The van der Waals surface area contributed by atoms with Crippen molar-refractivity contribution in [2.75, 3.05) is 13.1 Å². The van der Waals surface area contributed by atoms with Crippen molar-refractivity contribution in [3.8, 4) is 0 Å². The predicted molar refractivity (Wildman–Crippen MR) is 88.9 cm³/mol. The van der Waals surface area contributed by atoms with Gasteiger partial charge in [0.1, 0.15) is 11.6 Å². The molecule has 0 saturated carbocycles. The summed E-state index contributed by atoms with van der Waals surface area (Å²) in [6.07, 6.45) is 1.13. The van der Waals surface area contributed by atoms with E-state index in [0.717, 1.165) is 17.0 Å². The zero-order valence-corrected chi connectivity index (χ0v) is 14.2. The summed E-state index contributed by atoms with van der Waals surface area (Å²) in [5, 5.41) is 17.7. The highest BCUT2D eigenvalue weighted by molar-refractivity contribution is 5.86.